The lowest BCUT2D eigenvalue weighted by atomic mass is 10.1. The van der Waals surface area contributed by atoms with Gasteiger partial charge in [-0.2, -0.15) is 0 Å². The molecular formula is C20H18N2O4. The van der Waals surface area contributed by atoms with E-state index in [0.29, 0.717) is 18.9 Å². The number of rotatable bonds is 4. The lowest BCUT2D eigenvalue weighted by molar-refractivity contribution is 0.174. The van der Waals surface area contributed by atoms with E-state index in [2.05, 4.69) is 6.07 Å². The summed E-state index contributed by atoms with van der Waals surface area (Å²) in [5, 5.41) is 1.05. The number of nitrogens with two attached hydrogens (primary N) is 1. The highest BCUT2D eigenvalue weighted by Crippen LogP contribution is 2.44. The molecule has 0 bridgehead atoms. The van der Waals surface area contributed by atoms with E-state index in [4.69, 9.17) is 29.7 Å². The second-order valence-electron chi connectivity index (χ2n) is 6.37. The van der Waals surface area contributed by atoms with Crippen LogP contribution in [0.3, 0.4) is 0 Å². The molecule has 1 aliphatic heterocycles. The predicted molar refractivity (Wildman–Crippen MR) is 97.2 cm³/mol. The number of aromatic nitrogens is 1. The molecule has 0 radical (unpaired) electrons. The van der Waals surface area contributed by atoms with Gasteiger partial charge in [0.2, 0.25) is 6.79 Å². The summed E-state index contributed by atoms with van der Waals surface area (Å²) in [6, 6.07) is 10.1. The molecule has 2 aliphatic rings. The van der Waals surface area contributed by atoms with E-state index < -0.39 is 0 Å². The van der Waals surface area contributed by atoms with Gasteiger partial charge in [0, 0.05) is 30.0 Å². The third kappa shape index (κ3) is 2.26. The first-order chi connectivity index (χ1) is 12.8. The molecule has 1 aromatic heterocycles. The zero-order valence-corrected chi connectivity index (χ0v) is 14.4. The minimum atomic E-state index is 0.260. The van der Waals surface area contributed by atoms with Crippen molar-refractivity contribution >= 4 is 10.9 Å². The van der Waals surface area contributed by atoms with Gasteiger partial charge in [-0.15, -0.1) is 0 Å². The molecular weight excluding hydrogens is 332 g/mol. The lowest BCUT2D eigenvalue weighted by Gasteiger charge is -2.12. The monoisotopic (exact) mass is 350 g/mol. The molecule has 0 saturated carbocycles. The van der Waals surface area contributed by atoms with Gasteiger partial charge in [0.1, 0.15) is 6.61 Å². The highest BCUT2D eigenvalue weighted by Gasteiger charge is 2.25. The van der Waals surface area contributed by atoms with Gasteiger partial charge in [-0.25, -0.2) is 4.98 Å². The fraction of sp³-hybridized carbons (Fsp3) is 0.250. The Hall–Kier alpha value is -2.99. The Kier molecular flexibility index (Phi) is 3.39. The molecule has 1 aliphatic carbocycles. The maximum absolute atomic E-state index is 5.75. The quantitative estimate of drug-likeness (QED) is 0.610. The first-order valence-corrected chi connectivity index (χ1v) is 8.54. The van der Waals surface area contributed by atoms with Gasteiger partial charge in [-0.1, -0.05) is 0 Å². The summed E-state index contributed by atoms with van der Waals surface area (Å²) in [7, 11) is 1.65. The Balaban J connectivity index is 1.65. The Morgan fingerprint density at radius 1 is 1.04 bits per heavy atom. The van der Waals surface area contributed by atoms with Crippen molar-refractivity contribution in [1.29, 1.82) is 0 Å². The summed E-state index contributed by atoms with van der Waals surface area (Å²) in [6.45, 7) is 1.15. The SMILES string of the molecule is COc1cc2c(cc1OCCN)-c1nc3cc4c(cc3cc1C2)OCO4. The van der Waals surface area contributed by atoms with Crippen molar-refractivity contribution < 1.29 is 18.9 Å². The Bertz CT molecular complexity index is 1030. The van der Waals surface area contributed by atoms with Gasteiger partial charge in [0.25, 0.3) is 0 Å². The molecule has 3 aromatic rings. The molecule has 0 saturated heterocycles. The molecule has 0 spiro atoms. The third-order valence-electron chi connectivity index (χ3n) is 4.79. The lowest BCUT2D eigenvalue weighted by Crippen LogP contribution is -2.11. The van der Waals surface area contributed by atoms with Crippen molar-refractivity contribution in [3.63, 3.8) is 0 Å². The summed E-state index contributed by atoms with van der Waals surface area (Å²) in [4.78, 5) is 4.89. The Morgan fingerprint density at radius 3 is 2.69 bits per heavy atom. The Labute approximate surface area is 150 Å². The van der Waals surface area contributed by atoms with E-state index in [9.17, 15) is 0 Å². The average molecular weight is 350 g/mol. The standard InChI is InChI=1S/C20H18N2O4/c1-23-16-6-11-4-13-5-12-7-17-19(26-10-25-17)9-15(12)22-20(13)14(11)8-18(16)24-3-2-21/h5-9H,2-4,10,21H2,1H3. The topological polar surface area (TPSA) is 75.8 Å². The van der Waals surface area contributed by atoms with Crippen molar-refractivity contribution in [3.05, 3.63) is 41.5 Å². The zero-order chi connectivity index (χ0) is 17.7. The molecule has 2 aromatic carbocycles. The first-order valence-electron chi connectivity index (χ1n) is 8.54. The number of hydrogen-bond acceptors (Lipinski definition) is 6. The van der Waals surface area contributed by atoms with E-state index in [0.717, 1.165) is 45.8 Å². The van der Waals surface area contributed by atoms with Crippen LogP contribution >= 0.6 is 0 Å². The molecule has 0 unspecified atom stereocenters. The fourth-order valence-electron chi connectivity index (χ4n) is 3.59. The van der Waals surface area contributed by atoms with Crippen molar-refractivity contribution in [3.8, 4) is 34.3 Å². The molecule has 26 heavy (non-hydrogen) atoms. The van der Waals surface area contributed by atoms with Crippen LogP contribution in [0.1, 0.15) is 11.1 Å². The van der Waals surface area contributed by atoms with Crippen molar-refractivity contribution in [1.82, 2.24) is 4.98 Å². The molecule has 2 N–H and O–H groups in total. The van der Waals surface area contributed by atoms with Gasteiger partial charge in [-0.05, 0) is 35.4 Å². The maximum atomic E-state index is 5.75. The van der Waals surface area contributed by atoms with Crippen LogP contribution in [-0.2, 0) is 6.42 Å². The maximum Gasteiger partial charge on any atom is 0.231 e. The van der Waals surface area contributed by atoms with Crippen LogP contribution in [0, 0.1) is 0 Å². The number of benzene rings is 2. The van der Waals surface area contributed by atoms with Crippen LogP contribution in [0.25, 0.3) is 22.2 Å². The number of ether oxygens (including phenoxy) is 4. The minimum absolute atomic E-state index is 0.260. The predicted octanol–water partition coefficient (Wildman–Crippen LogP) is 2.88. The van der Waals surface area contributed by atoms with Crippen LogP contribution in [0.2, 0.25) is 0 Å². The van der Waals surface area contributed by atoms with Gasteiger partial charge >= 0.3 is 0 Å². The molecule has 0 amide bonds. The van der Waals surface area contributed by atoms with Crippen LogP contribution in [0.15, 0.2) is 30.3 Å². The second-order valence-corrected chi connectivity index (χ2v) is 6.37. The largest absolute Gasteiger partial charge is 0.493 e. The van der Waals surface area contributed by atoms with Gasteiger partial charge in [0.15, 0.2) is 23.0 Å². The first kappa shape index (κ1) is 15.3. The van der Waals surface area contributed by atoms with E-state index >= 15 is 0 Å². The number of fused-ring (bicyclic) bond motifs is 5. The van der Waals surface area contributed by atoms with Crippen LogP contribution < -0.4 is 24.7 Å². The van der Waals surface area contributed by atoms with Crippen LogP contribution in [0.5, 0.6) is 23.0 Å². The van der Waals surface area contributed by atoms with E-state index in [1.165, 1.54) is 11.1 Å². The highest BCUT2D eigenvalue weighted by atomic mass is 16.7. The minimum Gasteiger partial charge on any atom is -0.493 e. The van der Waals surface area contributed by atoms with Crippen molar-refractivity contribution in [2.75, 3.05) is 27.1 Å². The highest BCUT2D eigenvalue weighted by molar-refractivity contribution is 5.89. The summed E-state index contributed by atoms with van der Waals surface area (Å²) in [5.74, 6) is 2.92. The van der Waals surface area contributed by atoms with Crippen LogP contribution in [0.4, 0.5) is 0 Å². The molecule has 5 rings (SSSR count). The average Bonchev–Trinajstić information content (AvgIpc) is 3.24. The van der Waals surface area contributed by atoms with Crippen molar-refractivity contribution in [2.24, 2.45) is 5.73 Å². The number of nitrogens with zero attached hydrogens (tertiary/aromatic N) is 1. The summed E-state index contributed by atoms with van der Waals surface area (Å²) < 4.78 is 22.2. The van der Waals surface area contributed by atoms with E-state index in [1.54, 1.807) is 7.11 Å². The summed E-state index contributed by atoms with van der Waals surface area (Å²) in [5.41, 5.74) is 10.9. The summed E-state index contributed by atoms with van der Waals surface area (Å²) >= 11 is 0. The zero-order valence-electron chi connectivity index (χ0n) is 14.4. The smallest absolute Gasteiger partial charge is 0.231 e. The van der Waals surface area contributed by atoms with Gasteiger partial charge in [0.05, 0.1) is 18.3 Å². The number of methoxy groups -OCH3 is 1. The van der Waals surface area contributed by atoms with Gasteiger partial charge < -0.3 is 24.7 Å². The third-order valence-corrected chi connectivity index (χ3v) is 4.79. The van der Waals surface area contributed by atoms with Crippen LogP contribution in [-0.4, -0.2) is 32.0 Å². The molecule has 0 fully saturated rings. The molecule has 2 heterocycles. The molecule has 6 nitrogen and oxygen atoms in total. The molecule has 0 atom stereocenters. The Morgan fingerprint density at radius 2 is 1.88 bits per heavy atom. The fourth-order valence-corrected chi connectivity index (χ4v) is 3.59. The molecule has 132 valence electrons. The number of pyridine rings is 1. The second kappa shape index (κ2) is 5.78. The normalized spacial score (nSPS) is 13.6. The van der Waals surface area contributed by atoms with Gasteiger partial charge in [-0.3, -0.25) is 0 Å². The molecule has 6 heteroatoms. The van der Waals surface area contributed by atoms with Crippen molar-refractivity contribution in [2.45, 2.75) is 6.42 Å². The number of hydrogen-bond donors (Lipinski definition) is 1. The van der Waals surface area contributed by atoms with E-state index in [1.807, 2.05) is 24.3 Å². The summed E-state index contributed by atoms with van der Waals surface area (Å²) in [6.07, 6.45) is 0.815. The van der Waals surface area contributed by atoms with E-state index in [-0.39, 0.29) is 6.79 Å².